The van der Waals surface area contributed by atoms with E-state index in [9.17, 15) is 8.78 Å². The number of rotatable bonds is 5. The van der Waals surface area contributed by atoms with Crippen molar-refractivity contribution in [3.63, 3.8) is 0 Å². The average Bonchev–Trinajstić information content (AvgIpc) is 3.47. The fourth-order valence-electron chi connectivity index (χ4n) is 6.17. The average molecular weight is 491 g/mol. The number of aromatic nitrogens is 6. The highest BCUT2D eigenvalue weighted by Gasteiger charge is 2.65. The van der Waals surface area contributed by atoms with E-state index in [4.69, 9.17) is 4.98 Å². The number of fused-ring (bicyclic) bond motifs is 5. The van der Waals surface area contributed by atoms with Gasteiger partial charge in [-0.25, -0.2) is 18.7 Å². The Morgan fingerprint density at radius 1 is 1.14 bits per heavy atom. The number of thioether (sulfide) groups is 1. The smallest absolute Gasteiger partial charge is 0.162 e. The summed E-state index contributed by atoms with van der Waals surface area (Å²) in [6.45, 7) is 4.46. The van der Waals surface area contributed by atoms with Gasteiger partial charge in [0, 0.05) is 12.4 Å². The Balaban J connectivity index is 1.48. The van der Waals surface area contributed by atoms with Crippen LogP contribution in [0.3, 0.4) is 0 Å². The molecule has 0 unspecified atom stereocenters. The lowest BCUT2D eigenvalue weighted by Crippen LogP contribution is -2.38. The van der Waals surface area contributed by atoms with Crippen molar-refractivity contribution in [2.45, 2.75) is 43.9 Å². The molecule has 9 heteroatoms. The number of nitrogens with zero attached hydrogens (tertiary/aromatic N) is 6. The number of halogens is 2. The maximum absolute atomic E-state index is 14.5. The summed E-state index contributed by atoms with van der Waals surface area (Å²) in [7, 11) is 0. The first-order chi connectivity index (χ1) is 16.9. The first kappa shape index (κ1) is 22.3. The Labute approximate surface area is 206 Å². The zero-order valence-corrected chi connectivity index (χ0v) is 20.5. The van der Waals surface area contributed by atoms with E-state index < -0.39 is 17.0 Å². The van der Waals surface area contributed by atoms with Crippen molar-refractivity contribution >= 4 is 11.8 Å². The van der Waals surface area contributed by atoms with Crippen LogP contribution in [0.1, 0.15) is 49.6 Å². The molecule has 6 nitrogen and oxygen atoms in total. The Morgan fingerprint density at radius 3 is 2.71 bits per heavy atom. The largest absolute Gasteiger partial charge is 0.262 e. The highest BCUT2D eigenvalue weighted by Crippen LogP contribution is 2.69. The molecule has 2 atom stereocenters. The van der Waals surface area contributed by atoms with E-state index in [-0.39, 0.29) is 22.6 Å². The van der Waals surface area contributed by atoms with Crippen LogP contribution >= 0.6 is 11.8 Å². The van der Waals surface area contributed by atoms with Gasteiger partial charge in [-0.3, -0.25) is 4.68 Å². The van der Waals surface area contributed by atoms with Gasteiger partial charge >= 0.3 is 0 Å². The first-order valence-electron chi connectivity index (χ1n) is 11.5. The van der Waals surface area contributed by atoms with E-state index in [0.717, 1.165) is 41.2 Å². The maximum Gasteiger partial charge on any atom is 0.162 e. The molecule has 3 heterocycles. The molecule has 2 aliphatic carbocycles. The van der Waals surface area contributed by atoms with Crippen molar-refractivity contribution in [2.75, 3.05) is 6.26 Å². The Morgan fingerprint density at radius 2 is 1.94 bits per heavy atom. The quantitative estimate of drug-likeness (QED) is 0.363. The van der Waals surface area contributed by atoms with Crippen LogP contribution in [0.5, 0.6) is 0 Å². The van der Waals surface area contributed by atoms with E-state index in [1.54, 1.807) is 24.2 Å². The molecule has 0 amide bonds. The number of hydrogen-bond acceptors (Lipinski definition) is 6. The lowest BCUT2D eigenvalue weighted by molar-refractivity contribution is 0.243. The van der Waals surface area contributed by atoms with Crippen LogP contribution in [-0.2, 0) is 11.3 Å². The molecule has 0 aliphatic heterocycles. The lowest BCUT2D eigenvalue weighted by Gasteiger charge is -2.37. The van der Waals surface area contributed by atoms with Crippen molar-refractivity contribution in [1.82, 2.24) is 29.9 Å². The zero-order chi connectivity index (χ0) is 24.4. The van der Waals surface area contributed by atoms with Crippen molar-refractivity contribution < 1.29 is 8.78 Å². The molecule has 1 fully saturated rings. The number of benzene rings is 1. The van der Waals surface area contributed by atoms with Crippen LogP contribution in [-0.4, -0.2) is 36.2 Å². The van der Waals surface area contributed by atoms with Crippen LogP contribution < -0.4 is 0 Å². The zero-order valence-electron chi connectivity index (χ0n) is 19.7. The number of hydrogen-bond donors (Lipinski definition) is 0. The third kappa shape index (κ3) is 3.10. The summed E-state index contributed by atoms with van der Waals surface area (Å²) in [5.74, 6) is 0.281. The highest BCUT2D eigenvalue weighted by atomic mass is 32.2. The molecule has 2 aliphatic rings. The minimum atomic E-state index is -0.640. The third-order valence-electron chi connectivity index (χ3n) is 7.85. The van der Waals surface area contributed by atoms with Crippen molar-refractivity contribution in [3.05, 3.63) is 77.5 Å². The molecule has 0 N–H and O–H groups in total. The van der Waals surface area contributed by atoms with Crippen LogP contribution in [0, 0.1) is 17.0 Å². The van der Waals surface area contributed by atoms with Gasteiger partial charge in [0.15, 0.2) is 5.82 Å². The van der Waals surface area contributed by atoms with E-state index in [1.807, 2.05) is 29.3 Å². The molecular formula is C26H24F2N6S. The molecule has 4 aromatic rings. The molecular weight excluding hydrogens is 466 g/mol. The van der Waals surface area contributed by atoms with Gasteiger partial charge in [-0.1, -0.05) is 19.9 Å². The Kier molecular flexibility index (Phi) is 5.03. The van der Waals surface area contributed by atoms with Gasteiger partial charge < -0.3 is 0 Å². The summed E-state index contributed by atoms with van der Waals surface area (Å²) in [4.78, 5) is 9.53. The minimum Gasteiger partial charge on any atom is -0.262 e. The maximum atomic E-state index is 14.5. The molecule has 1 aromatic carbocycles. The van der Waals surface area contributed by atoms with Gasteiger partial charge in [0.05, 0.1) is 45.7 Å². The van der Waals surface area contributed by atoms with E-state index in [1.165, 1.54) is 18.2 Å². The molecule has 3 aromatic heterocycles. The third-order valence-corrected chi connectivity index (χ3v) is 8.37. The molecule has 178 valence electrons. The van der Waals surface area contributed by atoms with Crippen LogP contribution in [0.25, 0.3) is 22.6 Å². The molecule has 6 rings (SSSR count). The van der Waals surface area contributed by atoms with Crippen LogP contribution in [0.15, 0.2) is 48.9 Å². The van der Waals surface area contributed by atoms with Gasteiger partial charge in [-0.15, -0.1) is 16.9 Å². The summed E-state index contributed by atoms with van der Waals surface area (Å²) in [5.41, 5.74) is 3.03. The second-order valence-electron chi connectivity index (χ2n) is 9.80. The van der Waals surface area contributed by atoms with Crippen molar-refractivity contribution in [2.24, 2.45) is 5.41 Å². The lowest BCUT2D eigenvalue weighted by atomic mass is 9.66. The van der Waals surface area contributed by atoms with Gasteiger partial charge in [-0.05, 0) is 60.3 Å². The van der Waals surface area contributed by atoms with E-state index >= 15 is 0 Å². The molecule has 2 bridgehead atoms. The minimum absolute atomic E-state index is 0.135. The molecule has 0 radical (unpaired) electrons. The summed E-state index contributed by atoms with van der Waals surface area (Å²) in [6, 6.07) is 7.63. The fourth-order valence-corrected chi connectivity index (χ4v) is 6.58. The molecule has 0 spiro atoms. The summed E-state index contributed by atoms with van der Waals surface area (Å²) < 4.78 is 30.8. The molecule has 35 heavy (non-hydrogen) atoms. The monoisotopic (exact) mass is 490 g/mol. The van der Waals surface area contributed by atoms with Crippen molar-refractivity contribution in [3.8, 4) is 22.6 Å². The topological polar surface area (TPSA) is 69.4 Å². The van der Waals surface area contributed by atoms with Gasteiger partial charge in [0.1, 0.15) is 11.6 Å². The SMILES string of the molecule is CSCn1cc(-c2nccc([C@]34CC[C@@H](c5cc(-c6c(F)cccc6F)nnc53)C4(C)C)n2)cn1. The van der Waals surface area contributed by atoms with Crippen molar-refractivity contribution in [1.29, 1.82) is 0 Å². The predicted octanol–water partition coefficient (Wildman–Crippen LogP) is 5.60. The standard InChI is InChI=1S/C26H24F2N6S/c1-25(2)17-7-9-26(25,21-8-10-29-24(31-21)15-12-30-34(13-15)14-35-3)23-16(17)11-20(32-33-23)22-18(27)5-4-6-19(22)28/h4-6,8,10-13,17H,7,9,14H2,1-3H3/t17-,26+/m0/s1. The second-order valence-corrected chi connectivity index (χ2v) is 10.6. The van der Waals surface area contributed by atoms with Crippen LogP contribution in [0.4, 0.5) is 8.78 Å². The highest BCUT2D eigenvalue weighted by molar-refractivity contribution is 7.97. The Bertz CT molecular complexity index is 1430. The Hall–Kier alpha value is -3.20. The van der Waals surface area contributed by atoms with Gasteiger partial charge in [0.2, 0.25) is 0 Å². The fraction of sp³-hybridized carbons (Fsp3) is 0.346. The van der Waals surface area contributed by atoms with Gasteiger partial charge in [-0.2, -0.15) is 10.2 Å². The van der Waals surface area contributed by atoms with Gasteiger partial charge in [0.25, 0.3) is 0 Å². The second kappa shape index (κ2) is 7.91. The van der Waals surface area contributed by atoms with Crippen LogP contribution in [0.2, 0.25) is 0 Å². The summed E-state index contributed by atoms with van der Waals surface area (Å²) in [6.07, 6.45) is 9.37. The van der Waals surface area contributed by atoms with E-state index in [2.05, 4.69) is 34.1 Å². The summed E-state index contributed by atoms with van der Waals surface area (Å²) >= 11 is 1.69. The first-order valence-corrected chi connectivity index (χ1v) is 12.9. The normalized spacial score (nSPS) is 21.9. The van der Waals surface area contributed by atoms with E-state index in [0.29, 0.717) is 5.82 Å². The summed E-state index contributed by atoms with van der Waals surface area (Å²) in [5, 5.41) is 13.3. The molecule has 0 saturated heterocycles. The molecule has 1 saturated carbocycles. The predicted molar refractivity (Wildman–Crippen MR) is 131 cm³/mol.